The summed E-state index contributed by atoms with van der Waals surface area (Å²) in [6, 6.07) is 5.31. The molecule has 37 heavy (non-hydrogen) atoms. The Balaban J connectivity index is 1.69. The summed E-state index contributed by atoms with van der Waals surface area (Å²) >= 11 is 0. The molecule has 1 aromatic carbocycles. The van der Waals surface area contributed by atoms with Gasteiger partial charge in [0.25, 0.3) is 0 Å². The number of benzene rings is 1. The molecule has 2 aliphatic rings. The fourth-order valence-corrected chi connectivity index (χ4v) is 5.10. The third-order valence-corrected chi connectivity index (χ3v) is 7.36. The summed E-state index contributed by atoms with van der Waals surface area (Å²) in [6.45, 7) is 2.27. The summed E-state index contributed by atoms with van der Waals surface area (Å²) in [6.07, 6.45) is 3.63. The van der Waals surface area contributed by atoms with E-state index in [1.165, 1.54) is 0 Å². The van der Waals surface area contributed by atoms with Crippen molar-refractivity contribution in [3.63, 3.8) is 0 Å². The fourth-order valence-electron chi connectivity index (χ4n) is 5.10. The second-order valence-corrected chi connectivity index (χ2v) is 9.73. The molecule has 0 bridgehead atoms. The molecule has 5 atom stereocenters. The highest BCUT2D eigenvalue weighted by molar-refractivity contribution is 5.94. The molecular formula is C26H40N6O5. The smallest absolute Gasteiger partial charge is 0.246 e. The molecular weight excluding hydrogens is 476 g/mol. The zero-order chi connectivity index (χ0) is 26.9. The first kappa shape index (κ1) is 28.4. The maximum Gasteiger partial charge on any atom is 0.246 e. The average molecular weight is 517 g/mol. The van der Waals surface area contributed by atoms with Gasteiger partial charge in [-0.25, -0.2) is 0 Å². The Hall–Kier alpha value is -3.18. The number of rotatable bonds is 11. The minimum atomic E-state index is -0.888. The third kappa shape index (κ3) is 7.20. The molecule has 4 amide bonds. The number of ether oxygens (including phenoxy) is 1. The van der Waals surface area contributed by atoms with Crippen molar-refractivity contribution in [3.05, 3.63) is 29.8 Å². The summed E-state index contributed by atoms with van der Waals surface area (Å²) in [7, 11) is 1.61. The molecule has 11 nitrogen and oxygen atoms in total. The standard InChI is InChI=1S/C26H40N6O5/c1-3-20(28)24(34)31-23-17(15-30-22(33)14-27)6-7-18-8-11-21(32(18)26(23)36)25(35)29-13-12-16-4-9-19(37-2)10-5-16/h4-5,9-10,17-18,20-21,23H,3,6-8,11-15,27-28H2,1-2H3,(H,29,35)(H,30,33)(H,31,34)/t17-,18+,20+,21+,23+/m1/s1. The number of hydrogen-bond donors (Lipinski definition) is 5. The number of hydrogen-bond acceptors (Lipinski definition) is 7. The van der Waals surface area contributed by atoms with Crippen LogP contribution in [0.5, 0.6) is 5.75 Å². The van der Waals surface area contributed by atoms with E-state index < -0.39 is 24.0 Å². The zero-order valence-electron chi connectivity index (χ0n) is 21.7. The molecule has 0 radical (unpaired) electrons. The van der Waals surface area contributed by atoms with Crippen LogP contribution in [0.4, 0.5) is 0 Å². The molecule has 2 heterocycles. The van der Waals surface area contributed by atoms with Gasteiger partial charge in [-0.1, -0.05) is 19.1 Å². The lowest BCUT2D eigenvalue weighted by Crippen LogP contribution is -2.59. The van der Waals surface area contributed by atoms with E-state index in [1.54, 1.807) is 18.9 Å². The first-order valence-corrected chi connectivity index (χ1v) is 13.0. The molecule has 2 fully saturated rings. The zero-order valence-corrected chi connectivity index (χ0v) is 21.7. The van der Waals surface area contributed by atoms with E-state index in [1.807, 2.05) is 24.3 Å². The molecule has 0 aliphatic carbocycles. The van der Waals surface area contributed by atoms with Crippen molar-refractivity contribution in [1.29, 1.82) is 0 Å². The van der Waals surface area contributed by atoms with E-state index in [4.69, 9.17) is 16.2 Å². The van der Waals surface area contributed by atoms with E-state index in [0.29, 0.717) is 45.1 Å². The predicted molar refractivity (Wildman–Crippen MR) is 138 cm³/mol. The number of nitrogens with two attached hydrogens (primary N) is 2. The summed E-state index contributed by atoms with van der Waals surface area (Å²) in [5.41, 5.74) is 12.4. The summed E-state index contributed by atoms with van der Waals surface area (Å²) < 4.78 is 5.18. The lowest BCUT2D eigenvalue weighted by molar-refractivity contribution is -0.143. The Morgan fingerprint density at radius 2 is 1.81 bits per heavy atom. The van der Waals surface area contributed by atoms with Gasteiger partial charge in [0, 0.05) is 25.0 Å². The summed E-state index contributed by atoms with van der Waals surface area (Å²) in [4.78, 5) is 53.1. The van der Waals surface area contributed by atoms with E-state index in [2.05, 4.69) is 16.0 Å². The number of carbonyl (C=O) groups is 4. The number of amides is 4. The van der Waals surface area contributed by atoms with E-state index in [0.717, 1.165) is 11.3 Å². The Labute approximate surface area is 218 Å². The molecule has 0 saturated carbocycles. The number of carbonyl (C=O) groups excluding carboxylic acids is 4. The third-order valence-electron chi connectivity index (χ3n) is 7.36. The highest BCUT2D eigenvalue weighted by Gasteiger charge is 2.47. The Morgan fingerprint density at radius 1 is 1.11 bits per heavy atom. The first-order valence-electron chi connectivity index (χ1n) is 13.0. The van der Waals surface area contributed by atoms with Gasteiger partial charge in [-0.2, -0.15) is 0 Å². The molecule has 7 N–H and O–H groups in total. The maximum atomic E-state index is 13.8. The second-order valence-electron chi connectivity index (χ2n) is 9.73. The quantitative estimate of drug-likeness (QED) is 0.262. The van der Waals surface area contributed by atoms with Gasteiger partial charge in [0.15, 0.2) is 0 Å². The van der Waals surface area contributed by atoms with E-state index in [-0.39, 0.29) is 42.8 Å². The number of nitrogens with zero attached hydrogens (tertiary/aromatic N) is 1. The van der Waals surface area contributed by atoms with Crippen molar-refractivity contribution in [1.82, 2.24) is 20.9 Å². The highest BCUT2D eigenvalue weighted by Crippen LogP contribution is 2.34. The molecule has 1 aromatic rings. The molecule has 3 rings (SSSR count). The lowest BCUT2D eigenvalue weighted by Gasteiger charge is -2.32. The Kier molecular flexibility index (Phi) is 10.3. The molecule has 2 aliphatic heterocycles. The fraction of sp³-hybridized carbons (Fsp3) is 0.615. The average Bonchev–Trinajstić information content (AvgIpc) is 3.30. The van der Waals surface area contributed by atoms with Gasteiger partial charge >= 0.3 is 0 Å². The monoisotopic (exact) mass is 516 g/mol. The van der Waals surface area contributed by atoms with Crippen molar-refractivity contribution in [2.45, 2.75) is 69.6 Å². The van der Waals surface area contributed by atoms with Crippen molar-refractivity contribution in [2.24, 2.45) is 17.4 Å². The van der Waals surface area contributed by atoms with Gasteiger partial charge < -0.3 is 37.1 Å². The van der Waals surface area contributed by atoms with Crippen LogP contribution < -0.4 is 32.2 Å². The van der Waals surface area contributed by atoms with Crippen LogP contribution in [-0.2, 0) is 25.6 Å². The minimum Gasteiger partial charge on any atom is -0.497 e. The van der Waals surface area contributed by atoms with Gasteiger partial charge in [0.05, 0.1) is 19.7 Å². The SMILES string of the molecule is CC[C@H](N)C(=O)N[C@@H]1C(=O)N2[C@@H](CC[C@@H]1CNC(=O)CN)CC[C@H]2C(=O)NCCc1ccc(OC)cc1. The number of methoxy groups -OCH3 is 1. The van der Waals surface area contributed by atoms with Crippen LogP contribution in [0.25, 0.3) is 0 Å². The number of nitrogens with one attached hydrogen (secondary N) is 3. The molecule has 0 spiro atoms. The predicted octanol–water partition coefficient (Wildman–Crippen LogP) is -0.579. The van der Waals surface area contributed by atoms with Crippen molar-refractivity contribution >= 4 is 23.6 Å². The molecule has 2 saturated heterocycles. The summed E-state index contributed by atoms with van der Waals surface area (Å²) in [5.74, 6) is -0.823. The van der Waals surface area contributed by atoms with Gasteiger partial charge in [-0.3, -0.25) is 19.2 Å². The summed E-state index contributed by atoms with van der Waals surface area (Å²) in [5, 5.41) is 8.54. The Bertz CT molecular complexity index is 955. The van der Waals surface area contributed by atoms with E-state index in [9.17, 15) is 19.2 Å². The van der Waals surface area contributed by atoms with Crippen LogP contribution in [0.2, 0.25) is 0 Å². The Morgan fingerprint density at radius 3 is 2.46 bits per heavy atom. The van der Waals surface area contributed by atoms with Gasteiger partial charge in [-0.15, -0.1) is 0 Å². The molecule has 0 unspecified atom stereocenters. The van der Waals surface area contributed by atoms with Crippen LogP contribution in [0.3, 0.4) is 0 Å². The van der Waals surface area contributed by atoms with Gasteiger partial charge in [0.1, 0.15) is 17.8 Å². The maximum absolute atomic E-state index is 13.8. The van der Waals surface area contributed by atoms with Crippen LogP contribution in [0.15, 0.2) is 24.3 Å². The van der Waals surface area contributed by atoms with E-state index >= 15 is 0 Å². The number of fused-ring (bicyclic) bond motifs is 1. The van der Waals surface area contributed by atoms with Crippen LogP contribution in [0, 0.1) is 5.92 Å². The first-order chi connectivity index (χ1) is 17.8. The minimum absolute atomic E-state index is 0.0979. The van der Waals surface area contributed by atoms with Gasteiger partial charge in [-0.05, 0) is 56.2 Å². The van der Waals surface area contributed by atoms with Crippen molar-refractivity contribution in [3.8, 4) is 5.75 Å². The second kappa shape index (κ2) is 13.4. The van der Waals surface area contributed by atoms with Crippen LogP contribution >= 0.6 is 0 Å². The molecule has 204 valence electrons. The largest absolute Gasteiger partial charge is 0.497 e. The van der Waals surface area contributed by atoms with Gasteiger partial charge in [0.2, 0.25) is 23.6 Å². The highest BCUT2D eigenvalue weighted by atomic mass is 16.5. The lowest BCUT2D eigenvalue weighted by atomic mass is 9.92. The van der Waals surface area contributed by atoms with Crippen molar-refractivity contribution < 1.29 is 23.9 Å². The molecule has 0 aromatic heterocycles. The molecule has 11 heteroatoms. The normalized spacial score (nSPS) is 24.0. The van der Waals surface area contributed by atoms with Crippen LogP contribution in [0.1, 0.15) is 44.6 Å². The van der Waals surface area contributed by atoms with Crippen LogP contribution in [-0.4, -0.2) is 79.4 Å². The topological polar surface area (TPSA) is 169 Å². The van der Waals surface area contributed by atoms with Crippen molar-refractivity contribution in [2.75, 3.05) is 26.7 Å².